The van der Waals surface area contributed by atoms with Crippen LogP contribution in [0.1, 0.15) is 12.8 Å². The van der Waals surface area contributed by atoms with E-state index < -0.39 is 0 Å². The van der Waals surface area contributed by atoms with Gasteiger partial charge in [-0.2, -0.15) is 0 Å². The molecular weight excluding hydrogens is 246 g/mol. The maximum Gasteiger partial charge on any atom is 0.315 e. The number of hydrogen-bond donors (Lipinski definition) is 1. The van der Waals surface area contributed by atoms with E-state index in [0.717, 1.165) is 12.8 Å². The van der Waals surface area contributed by atoms with Gasteiger partial charge < -0.3 is 15.0 Å². The van der Waals surface area contributed by atoms with Crippen LogP contribution in [0.2, 0.25) is 0 Å². The summed E-state index contributed by atoms with van der Waals surface area (Å²) >= 11 is 0. The first-order valence-electron chi connectivity index (χ1n) is 6.39. The molecule has 0 saturated heterocycles. The molecule has 0 unspecified atom stereocenters. The van der Waals surface area contributed by atoms with Gasteiger partial charge in [0.2, 0.25) is 0 Å². The third-order valence-corrected chi connectivity index (χ3v) is 3.30. The van der Waals surface area contributed by atoms with E-state index in [4.69, 9.17) is 4.74 Å². The smallest absolute Gasteiger partial charge is 0.315 e. The van der Waals surface area contributed by atoms with Crippen molar-refractivity contribution in [2.75, 3.05) is 37.5 Å². The largest absolute Gasteiger partial charge is 0.383 e. The number of anilines is 2. The van der Waals surface area contributed by atoms with Gasteiger partial charge in [-0.05, 0) is 25.0 Å². The van der Waals surface area contributed by atoms with E-state index >= 15 is 0 Å². The van der Waals surface area contributed by atoms with Crippen LogP contribution in [0.5, 0.6) is 0 Å². The number of ether oxygens (including phenoxy) is 1. The molecule has 0 radical (unpaired) electrons. The molecule has 1 aromatic carbocycles. The van der Waals surface area contributed by atoms with E-state index in [1.807, 2.05) is 12.1 Å². The zero-order chi connectivity index (χ0) is 13.8. The van der Waals surface area contributed by atoms with Gasteiger partial charge in [0.05, 0.1) is 11.5 Å². The quantitative estimate of drug-likeness (QED) is 0.605. The Balaban J connectivity index is 2.37. The van der Waals surface area contributed by atoms with Gasteiger partial charge in [-0.15, -0.1) is 0 Å². The Morgan fingerprint density at radius 1 is 1.53 bits per heavy atom. The van der Waals surface area contributed by atoms with Gasteiger partial charge in [0.15, 0.2) is 0 Å². The molecule has 0 atom stereocenters. The lowest BCUT2D eigenvalue weighted by Gasteiger charge is -2.24. The summed E-state index contributed by atoms with van der Waals surface area (Å²) in [5, 5.41) is 14.2. The molecule has 0 aromatic heterocycles. The maximum absolute atomic E-state index is 11.3. The standard InChI is InChI=1S/C13H19N3O3/c1-14-11-4-3-5-12(13(11)16(17)18)15(8-9-19-2)10-6-7-10/h3-5,10,14H,6-9H2,1-2H3. The minimum Gasteiger partial charge on any atom is -0.383 e. The number of nitrogens with zero attached hydrogens (tertiary/aromatic N) is 2. The third kappa shape index (κ3) is 2.96. The summed E-state index contributed by atoms with van der Waals surface area (Å²) in [5.74, 6) is 0. The average molecular weight is 265 g/mol. The number of nitro groups is 1. The molecule has 1 fully saturated rings. The van der Waals surface area contributed by atoms with Crippen LogP contribution in [-0.4, -0.2) is 38.3 Å². The van der Waals surface area contributed by atoms with Crippen LogP contribution in [0.4, 0.5) is 17.1 Å². The van der Waals surface area contributed by atoms with Crippen LogP contribution in [0.3, 0.4) is 0 Å². The second kappa shape index (κ2) is 5.88. The van der Waals surface area contributed by atoms with E-state index in [0.29, 0.717) is 30.6 Å². The molecular formula is C13H19N3O3. The van der Waals surface area contributed by atoms with Crippen LogP contribution in [0, 0.1) is 10.1 Å². The first-order chi connectivity index (χ1) is 9.19. The molecule has 6 nitrogen and oxygen atoms in total. The summed E-state index contributed by atoms with van der Waals surface area (Å²) in [6, 6.07) is 5.78. The molecule has 1 aromatic rings. The molecule has 1 saturated carbocycles. The second-order valence-corrected chi connectivity index (χ2v) is 4.60. The van der Waals surface area contributed by atoms with Gasteiger partial charge in [-0.3, -0.25) is 10.1 Å². The number of methoxy groups -OCH3 is 1. The molecule has 19 heavy (non-hydrogen) atoms. The van der Waals surface area contributed by atoms with E-state index in [1.54, 1.807) is 20.2 Å². The fourth-order valence-corrected chi connectivity index (χ4v) is 2.23. The van der Waals surface area contributed by atoms with E-state index in [1.165, 1.54) is 0 Å². The number of rotatable bonds is 7. The van der Waals surface area contributed by atoms with Crippen molar-refractivity contribution >= 4 is 17.1 Å². The van der Waals surface area contributed by atoms with Crippen LogP contribution < -0.4 is 10.2 Å². The Labute approximate surface area is 112 Å². The minimum absolute atomic E-state index is 0.146. The molecule has 0 bridgehead atoms. The lowest BCUT2D eigenvalue weighted by Crippen LogP contribution is -2.30. The molecule has 1 N–H and O–H groups in total. The topological polar surface area (TPSA) is 67.6 Å². The van der Waals surface area contributed by atoms with Crippen molar-refractivity contribution in [3.63, 3.8) is 0 Å². The highest BCUT2D eigenvalue weighted by molar-refractivity contribution is 5.77. The monoisotopic (exact) mass is 265 g/mol. The summed E-state index contributed by atoms with van der Waals surface area (Å²) in [4.78, 5) is 13.1. The van der Waals surface area contributed by atoms with Gasteiger partial charge in [-0.25, -0.2) is 0 Å². The molecule has 1 aliphatic carbocycles. The van der Waals surface area contributed by atoms with E-state index in [-0.39, 0.29) is 10.6 Å². The Morgan fingerprint density at radius 2 is 2.26 bits per heavy atom. The zero-order valence-corrected chi connectivity index (χ0v) is 11.3. The van der Waals surface area contributed by atoms with Crippen molar-refractivity contribution in [1.82, 2.24) is 0 Å². The lowest BCUT2D eigenvalue weighted by atomic mass is 10.2. The van der Waals surface area contributed by atoms with Crippen molar-refractivity contribution in [3.05, 3.63) is 28.3 Å². The Hall–Kier alpha value is -1.82. The Bertz CT molecular complexity index is 460. The molecule has 2 rings (SSSR count). The first kappa shape index (κ1) is 13.6. The minimum atomic E-state index is -0.316. The van der Waals surface area contributed by atoms with Crippen LogP contribution in [0.15, 0.2) is 18.2 Å². The van der Waals surface area contributed by atoms with Crippen molar-refractivity contribution in [1.29, 1.82) is 0 Å². The van der Waals surface area contributed by atoms with Crippen molar-refractivity contribution in [2.24, 2.45) is 0 Å². The van der Waals surface area contributed by atoms with E-state index in [9.17, 15) is 10.1 Å². The number of nitro benzene ring substituents is 1. The van der Waals surface area contributed by atoms with Gasteiger partial charge >= 0.3 is 5.69 Å². The normalized spacial score (nSPS) is 14.2. The Kier molecular flexibility index (Phi) is 4.21. The molecule has 0 aliphatic heterocycles. The third-order valence-electron chi connectivity index (χ3n) is 3.30. The van der Waals surface area contributed by atoms with Crippen molar-refractivity contribution < 1.29 is 9.66 Å². The van der Waals surface area contributed by atoms with Crippen LogP contribution >= 0.6 is 0 Å². The summed E-state index contributed by atoms with van der Waals surface area (Å²) in [6.45, 7) is 1.24. The molecule has 104 valence electrons. The summed E-state index contributed by atoms with van der Waals surface area (Å²) < 4.78 is 5.10. The maximum atomic E-state index is 11.3. The lowest BCUT2D eigenvalue weighted by molar-refractivity contribution is -0.383. The molecule has 0 spiro atoms. The first-order valence-corrected chi connectivity index (χ1v) is 6.39. The summed E-state index contributed by atoms with van der Waals surface area (Å²) in [6.07, 6.45) is 2.18. The number of para-hydroxylation sites is 1. The summed E-state index contributed by atoms with van der Waals surface area (Å²) in [5.41, 5.74) is 1.37. The number of nitrogens with one attached hydrogen (secondary N) is 1. The summed E-state index contributed by atoms with van der Waals surface area (Å²) in [7, 11) is 3.34. The van der Waals surface area contributed by atoms with Gasteiger partial charge in [-0.1, -0.05) is 6.07 Å². The highest BCUT2D eigenvalue weighted by Crippen LogP contribution is 2.40. The van der Waals surface area contributed by atoms with Crippen LogP contribution in [-0.2, 0) is 4.74 Å². The van der Waals surface area contributed by atoms with Gasteiger partial charge in [0.1, 0.15) is 11.4 Å². The van der Waals surface area contributed by atoms with E-state index in [2.05, 4.69) is 10.2 Å². The number of benzene rings is 1. The van der Waals surface area contributed by atoms with Crippen molar-refractivity contribution in [3.8, 4) is 0 Å². The fraction of sp³-hybridized carbons (Fsp3) is 0.538. The fourth-order valence-electron chi connectivity index (χ4n) is 2.23. The van der Waals surface area contributed by atoms with Crippen molar-refractivity contribution in [2.45, 2.75) is 18.9 Å². The van der Waals surface area contributed by atoms with Gasteiger partial charge in [0.25, 0.3) is 0 Å². The highest BCUT2D eigenvalue weighted by atomic mass is 16.6. The Morgan fingerprint density at radius 3 is 2.79 bits per heavy atom. The van der Waals surface area contributed by atoms with Crippen LogP contribution in [0.25, 0.3) is 0 Å². The SMILES string of the molecule is CNc1cccc(N(CCOC)C2CC2)c1[N+](=O)[O-]. The predicted molar refractivity (Wildman–Crippen MR) is 74.9 cm³/mol. The molecule has 6 heteroatoms. The highest BCUT2D eigenvalue weighted by Gasteiger charge is 2.33. The number of hydrogen-bond acceptors (Lipinski definition) is 5. The molecule has 1 aliphatic rings. The zero-order valence-electron chi connectivity index (χ0n) is 11.3. The second-order valence-electron chi connectivity index (χ2n) is 4.60. The molecule has 0 heterocycles. The van der Waals surface area contributed by atoms with Gasteiger partial charge in [0, 0.05) is 26.7 Å². The average Bonchev–Trinajstić information content (AvgIpc) is 3.23. The predicted octanol–water partition coefficient (Wildman–Crippen LogP) is 2.25. The molecule has 0 amide bonds.